The van der Waals surface area contributed by atoms with Crippen LogP contribution >= 0.6 is 0 Å². The average Bonchev–Trinajstić information content (AvgIpc) is 1.75. The molecule has 0 radical (unpaired) electrons. The summed E-state index contributed by atoms with van der Waals surface area (Å²) in [6, 6.07) is 0. The monoisotopic (exact) mass is 116 g/mol. The largest absolute Gasteiger partial charge is 0.373 e. The van der Waals surface area contributed by atoms with Crippen molar-refractivity contribution in [2.45, 2.75) is 0 Å². The average molecular weight is 116 g/mol. The van der Waals surface area contributed by atoms with Gasteiger partial charge in [0.25, 0.3) is 0 Å². The van der Waals surface area contributed by atoms with Crippen LogP contribution in [0.15, 0.2) is 0 Å². The van der Waals surface area contributed by atoms with Gasteiger partial charge in [0.05, 0.1) is 0 Å². The van der Waals surface area contributed by atoms with E-state index in [1.165, 1.54) is 9.82 Å². The Bertz CT molecular complexity index is 54.0. The van der Waals surface area contributed by atoms with Gasteiger partial charge in [-0.25, -0.2) is 0 Å². The van der Waals surface area contributed by atoms with Gasteiger partial charge in [-0.3, -0.25) is 21.5 Å². The lowest BCUT2D eigenvalue weighted by Gasteiger charge is -1.32. The Balaban J connectivity index is -0.0000000483. The van der Waals surface area contributed by atoms with E-state index in [0.717, 1.165) is 0 Å². The Morgan fingerprint density at radius 1 is 0.750 bits per heavy atom. The molecule has 0 saturated carbocycles. The van der Waals surface area contributed by atoms with Gasteiger partial charge in [0.15, 0.2) is 0 Å². The minimum atomic E-state index is 1.50. The van der Waals surface area contributed by atoms with Crippen LogP contribution in [0.25, 0.3) is 31.9 Å². The van der Waals surface area contributed by atoms with Gasteiger partial charge in [-0.05, 0) is 0 Å². The van der Waals surface area contributed by atoms with Gasteiger partial charge in [-0.15, -0.1) is 0 Å². The van der Waals surface area contributed by atoms with Crippen molar-refractivity contribution >= 4 is 0 Å². The second kappa shape index (κ2) is 392. The summed E-state index contributed by atoms with van der Waals surface area (Å²) in [6.07, 6.45) is 0. The number of hydrogen-bond acceptors (Lipinski definition) is 2. The zero-order valence-corrected chi connectivity index (χ0v) is 3.84. The fourth-order valence-corrected chi connectivity index (χ4v) is 0. The third kappa shape index (κ3) is 26.7. The molecule has 0 bridgehead atoms. The summed E-state index contributed by atoms with van der Waals surface area (Å²) < 4.78 is 0. The second-order valence-corrected chi connectivity index (χ2v) is 0.179. The van der Waals surface area contributed by atoms with Crippen molar-refractivity contribution in [2.24, 2.45) is 11.7 Å². The van der Waals surface area contributed by atoms with E-state index in [0.29, 0.717) is 0 Å². The molecule has 0 aliphatic rings. The molecule has 0 aromatic carbocycles. The van der Waals surface area contributed by atoms with E-state index < -0.39 is 0 Å². The van der Waals surface area contributed by atoms with Gasteiger partial charge in [0.2, 0.25) is 0 Å². The fourth-order valence-electron chi connectivity index (χ4n) is 0. The quantitative estimate of drug-likeness (QED) is 0.155. The van der Waals surface area contributed by atoms with Gasteiger partial charge < -0.3 is 22.1 Å². The molecule has 8 heavy (non-hydrogen) atoms. The molecule has 0 rings (SSSR count). The first kappa shape index (κ1) is 16.0. The first-order valence-corrected chi connectivity index (χ1v) is 1.13. The van der Waals surface area contributed by atoms with Crippen molar-refractivity contribution in [3.8, 4) is 0 Å². The Kier molecular flexibility index (Phi) is 784. The van der Waals surface area contributed by atoms with Crippen LogP contribution in [0, 0.1) is 0 Å². The summed E-state index contributed by atoms with van der Waals surface area (Å²) in [5.74, 6) is 8.00. The first-order valence-electron chi connectivity index (χ1n) is 1.13. The topological polar surface area (TPSA) is 169 Å². The summed E-state index contributed by atoms with van der Waals surface area (Å²) in [7, 11) is 0. The Morgan fingerprint density at radius 2 is 0.750 bits per heavy atom. The number of nitrogens with two attached hydrogens (primary N) is 2. The van der Waals surface area contributed by atoms with Gasteiger partial charge in [0.1, 0.15) is 0 Å². The van der Waals surface area contributed by atoms with Gasteiger partial charge >= 0.3 is 0 Å². The number of nitrogens with zero attached hydrogens (tertiary/aromatic N) is 6. The van der Waals surface area contributed by atoms with Crippen LogP contribution in [0.4, 0.5) is 0 Å². The molecule has 0 heterocycles. The highest BCUT2D eigenvalue weighted by Gasteiger charge is 0.726. The Labute approximate surface area is 44.9 Å². The summed E-state index contributed by atoms with van der Waals surface area (Å²) in [6.45, 7) is 0. The zero-order chi connectivity index (χ0) is 7.41. The van der Waals surface area contributed by atoms with Crippen molar-refractivity contribution in [1.82, 2.24) is 0 Å². The lowest BCUT2D eigenvalue weighted by Crippen LogP contribution is -2.02. The van der Waals surface area contributed by atoms with E-state index in [2.05, 4.69) is 11.7 Å². The molecular weight excluding hydrogens is 112 g/mol. The Morgan fingerprint density at radius 3 is 0.750 bits per heavy atom. The van der Waals surface area contributed by atoms with E-state index in [9.17, 15) is 0 Å². The molecule has 0 fully saturated rings. The molecule has 46 valence electrons. The highest BCUT2D eigenvalue weighted by atomic mass is 15.0. The molecular formula is H4N8-2. The van der Waals surface area contributed by atoms with Crippen LogP contribution in [0.2, 0.25) is 0 Å². The number of hydrazine groups is 1. The maximum atomic E-state index is 6.75. The summed E-state index contributed by atoms with van der Waals surface area (Å²) in [5.41, 5.74) is 27.0. The van der Waals surface area contributed by atoms with E-state index in [4.69, 9.17) is 22.1 Å². The molecule has 8 heteroatoms. The minimum Gasteiger partial charge on any atom is -0.373 e. The summed E-state index contributed by atoms with van der Waals surface area (Å²) in [4.78, 5) is 3.00. The second-order valence-electron chi connectivity index (χ2n) is 0.179. The highest BCUT2D eigenvalue weighted by Crippen LogP contribution is 1.29. The fraction of sp³-hybridized carbons (Fsp3) is 0. The molecule has 0 unspecified atom stereocenters. The van der Waals surface area contributed by atoms with Crippen LogP contribution in [-0.2, 0) is 0 Å². The maximum Gasteiger partial charge on any atom is -0.255 e. The maximum absolute atomic E-state index is 6.75. The van der Waals surface area contributed by atoms with E-state index >= 15 is 0 Å². The minimum absolute atomic E-state index is 1.50. The molecule has 0 atom stereocenters. The van der Waals surface area contributed by atoms with Crippen molar-refractivity contribution < 1.29 is 0 Å². The molecule has 0 spiro atoms. The predicted molar refractivity (Wildman–Crippen MR) is 28.5 cm³/mol. The molecule has 4 N–H and O–H groups in total. The van der Waals surface area contributed by atoms with Crippen molar-refractivity contribution in [2.75, 3.05) is 0 Å². The van der Waals surface area contributed by atoms with Crippen LogP contribution in [0.5, 0.6) is 0 Å². The van der Waals surface area contributed by atoms with Gasteiger partial charge in [-0.2, -0.15) is 0 Å². The van der Waals surface area contributed by atoms with Crippen LogP contribution in [0.3, 0.4) is 0 Å². The zero-order valence-electron chi connectivity index (χ0n) is 3.84. The van der Waals surface area contributed by atoms with Crippen molar-refractivity contribution in [1.29, 1.82) is 0 Å². The molecule has 0 aliphatic heterocycles. The summed E-state index contributed by atoms with van der Waals surface area (Å²) in [5, 5.41) is 0. The molecule has 0 aromatic heterocycles. The smallest absolute Gasteiger partial charge is 0.255 e. The molecule has 8 nitrogen and oxygen atoms in total. The van der Waals surface area contributed by atoms with Crippen LogP contribution < -0.4 is 11.7 Å². The Hall–Kier alpha value is -1.46. The van der Waals surface area contributed by atoms with E-state index in [1.54, 1.807) is 0 Å². The molecule has 0 aromatic rings. The van der Waals surface area contributed by atoms with Gasteiger partial charge in [-0.1, -0.05) is 0 Å². The van der Waals surface area contributed by atoms with E-state index in [-0.39, 0.29) is 0 Å². The number of hydrogen-bond donors (Lipinski definition) is 2. The van der Waals surface area contributed by atoms with Crippen LogP contribution in [-0.4, -0.2) is 0 Å². The standard InChI is InChI=1S/2N3.H4N2/c2*1-3-2;1-2/h;;1-2H2/q2*-1;. The van der Waals surface area contributed by atoms with Gasteiger partial charge in [0, 0.05) is 0 Å². The molecule has 0 aliphatic carbocycles. The lowest BCUT2D eigenvalue weighted by atomic mass is 13.0. The van der Waals surface area contributed by atoms with Crippen molar-refractivity contribution in [3.05, 3.63) is 31.9 Å². The van der Waals surface area contributed by atoms with E-state index in [1.807, 2.05) is 0 Å². The normalized spacial score (nSPS) is 2.75. The molecule has 0 saturated heterocycles. The lowest BCUT2D eigenvalue weighted by molar-refractivity contribution is 1.26. The SMILES string of the molecule is NN.[N-]=[N+]=[N-].[N-]=[N+]=[N-]. The first-order chi connectivity index (χ1) is 3.83. The highest BCUT2D eigenvalue weighted by molar-refractivity contribution is 4.36. The van der Waals surface area contributed by atoms with Crippen LogP contribution in [0.1, 0.15) is 0 Å². The van der Waals surface area contributed by atoms with Crippen molar-refractivity contribution in [3.63, 3.8) is 0 Å². The third-order valence-electron chi connectivity index (χ3n) is 0. The number of rotatable bonds is 0. The third-order valence-corrected chi connectivity index (χ3v) is 0. The summed E-state index contributed by atoms with van der Waals surface area (Å²) >= 11 is 0. The predicted octanol–water partition coefficient (Wildman–Crippen LogP) is 0.551. The molecule has 0 amide bonds.